The summed E-state index contributed by atoms with van der Waals surface area (Å²) >= 11 is 2.87. The zero-order valence-corrected chi connectivity index (χ0v) is 20.6. The van der Waals surface area contributed by atoms with E-state index < -0.39 is 24.3 Å². The molecule has 4 aliphatic rings. The van der Waals surface area contributed by atoms with Crippen molar-refractivity contribution in [3.63, 3.8) is 0 Å². The third-order valence-electron chi connectivity index (χ3n) is 8.49. The van der Waals surface area contributed by atoms with Crippen LogP contribution in [0.5, 0.6) is 0 Å². The van der Waals surface area contributed by atoms with Crippen molar-refractivity contribution in [2.45, 2.75) is 22.6 Å². The topological polar surface area (TPSA) is 108 Å². The van der Waals surface area contributed by atoms with Crippen LogP contribution in [0.4, 0.5) is 0 Å². The van der Waals surface area contributed by atoms with Crippen molar-refractivity contribution in [3.05, 3.63) is 74.7 Å². The van der Waals surface area contributed by atoms with Crippen LogP contribution in [0.2, 0.25) is 0 Å². The first-order valence-corrected chi connectivity index (χ1v) is 13.7. The van der Waals surface area contributed by atoms with Crippen LogP contribution in [-0.2, 0) is 14.4 Å². The fourth-order valence-electron chi connectivity index (χ4n) is 7.26. The zero-order chi connectivity index (χ0) is 24.7. The Morgan fingerprint density at radius 1 is 0.944 bits per heavy atom. The first kappa shape index (κ1) is 22.1. The number of hydrogen-bond donors (Lipinski definition) is 2. The van der Waals surface area contributed by atoms with E-state index in [1.807, 2.05) is 18.2 Å². The smallest absolute Gasteiger partial charge is 0.323 e. The second-order valence-electron chi connectivity index (χ2n) is 10.1. The number of nitrogens with zero attached hydrogens (tertiary/aromatic N) is 1. The Hall–Kier alpha value is -3.17. The first-order valence-electron chi connectivity index (χ1n) is 12.0. The molecule has 3 aromatic rings. The molecule has 36 heavy (non-hydrogen) atoms. The fourth-order valence-corrected chi connectivity index (χ4v) is 10.1. The Morgan fingerprint density at radius 3 is 2.31 bits per heavy atom. The molecule has 1 aromatic heterocycles. The lowest BCUT2D eigenvalue weighted by molar-refractivity contribution is -0.149. The molecule has 7 nitrogen and oxygen atoms in total. The van der Waals surface area contributed by atoms with Crippen molar-refractivity contribution >= 4 is 40.9 Å². The number of benzene rings is 2. The molecule has 0 unspecified atom stereocenters. The summed E-state index contributed by atoms with van der Waals surface area (Å²) in [6, 6.07) is 18.6. The van der Waals surface area contributed by atoms with Gasteiger partial charge in [0.25, 0.3) is 0 Å². The molecule has 0 spiro atoms. The molecule has 2 aliphatic heterocycles. The number of carbonyl (C=O) groups is 3. The lowest BCUT2D eigenvalue weighted by Gasteiger charge is -2.43. The Bertz CT molecular complexity index is 1460. The lowest BCUT2D eigenvalue weighted by Crippen LogP contribution is -2.42. The maximum Gasteiger partial charge on any atom is 0.323 e. The predicted octanol–water partition coefficient (Wildman–Crippen LogP) is 3.66. The second-order valence-corrected chi connectivity index (χ2v) is 12.3. The monoisotopic (exact) mass is 518 g/mol. The lowest BCUT2D eigenvalue weighted by atomic mass is 9.68. The van der Waals surface area contributed by atoms with Crippen LogP contribution in [-0.4, -0.2) is 44.6 Å². The molecule has 7 atom stereocenters. The van der Waals surface area contributed by atoms with E-state index in [1.54, 1.807) is 11.8 Å². The van der Waals surface area contributed by atoms with Crippen LogP contribution >= 0.6 is 23.1 Å². The summed E-state index contributed by atoms with van der Waals surface area (Å²) in [4.78, 5) is 55.0. The molecule has 2 amide bonds. The molecule has 2 bridgehead atoms. The van der Waals surface area contributed by atoms with Gasteiger partial charge in [-0.3, -0.25) is 24.1 Å². The van der Waals surface area contributed by atoms with E-state index in [4.69, 9.17) is 0 Å². The van der Waals surface area contributed by atoms with Gasteiger partial charge >= 0.3 is 10.8 Å². The largest absolute Gasteiger partial charge is 0.480 e. The third kappa shape index (κ3) is 3.05. The van der Waals surface area contributed by atoms with Gasteiger partial charge in [-0.15, -0.1) is 11.8 Å². The number of aliphatic carboxylic acids is 1. The van der Waals surface area contributed by atoms with Gasteiger partial charge in [0.1, 0.15) is 6.54 Å². The molecule has 182 valence electrons. The summed E-state index contributed by atoms with van der Waals surface area (Å²) in [7, 11) is 0. The van der Waals surface area contributed by atoms with Gasteiger partial charge in [-0.05, 0) is 40.9 Å². The van der Waals surface area contributed by atoms with E-state index >= 15 is 0 Å². The molecule has 2 N–H and O–H groups in total. The molecule has 2 aromatic carbocycles. The molecular formula is C27H22N2O5S2. The highest BCUT2D eigenvalue weighted by Crippen LogP contribution is 2.68. The van der Waals surface area contributed by atoms with Gasteiger partial charge in [-0.25, -0.2) is 0 Å². The van der Waals surface area contributed by atoms with Gasteiger partial charge < -0.3 is 10.1 Å². The standard InChI is InChI=1S/C27H22N2O5S2/c30-17(31)11-29-25(32)20-15-10-16(21(20)26(29)33)22-19(15)18(23-24(35-22)28-27(34)36-23)14-8-6-13(7-9-14)12-4-2-1-3-5-12/h1-9,15-16,18-22H,10-11H2,(H,28,34)(H,30,31)/t15-,16+,18+,19+,20+,21+,22+/m0/s1. The van der Waals surface area contributed by atoms with E-state index in [9.17, 15) is 24.3 Å². The highest BCUT2D eigenvalue weighted by Gasteiger charge is 2.69. The molecular weight excluding hydrogens is 496 g/mol. The van der Waals surface area contributed by atoms with Crippen LogP contribution in [0.1, 0.15) is 22.8 Å². The molecule has 1 saturated heterocycles. The number of thiazole rings is 1. The number of nitrogens with one attached hydrogen (secondary N) is 1. The summed E-state index contributed by atoms with van der Waals surface area (Å²) in [5.74, 6) is -2.74. The Morgan fingerprint density at radius 2 is 1.61 bits per heavy atom. The number of aromatic amines is 1. The summed E-state index contributed by atoms with van der Waals surface area (Å²) < 4.78 is 0. The quantitative estimate of drug-likeness (QED) is 0.511. The average molecular weight is 519 g/mol. The van der Waals surface area contributed by atoms with Gasteiger partial charge in [0.15, 0.2) is 0 Å². The van der Waals surface area contributed by atoms with Gasteiger partial charge in [-0.1, -0.05) is 65.9 Å². The number of hydrogen-bond acceptors (Lipinski definition) is 6. The van der Waals surface area contributed by atoms with Crippen molar-refractivity contribution in [1.82, 2.24) is 9.88 Å². The first-order chi connectivity index (χ1) is 17.4. The van der Waals surface area contributed by atoms with Gasteiger partial charge in [0.2, 0.25) is 11.8 Å². The predicted molar refractivity (Wildman–Crippen MR) is 135 cm³/mol. The molecule has 2 aliphatic carbocycles. The number of carboxylic acid groups (broad SMARTS) is 1. The van der Waals surface area contributed by atoms with Crippen LogP contribution in [0, 0.1) is 29.6 Å². The highest BCUT2D eigenvalue weighted by molar-refractivity contribution is 8.00. The SMILES string of the molecule is O=C(O)CN1C(=O)[C@@H]2[C@H]3C[C@@H]([C@H]4Sc5[nH]c(=O)sc5[C@H](c5ccc(-c6ccccc6)cc5)[C@@H]34)[C@H]2C1=O. The van der Waals surface area contributed by atoms with E-state index in [0.29, 0.717) is 0 Å². The minimum Gasteiger partial charge on any atom is -0.480 e. The summed E-state index contributed by atoms with van der Waals surface area (Å²) in [5.41, 5.74) is 3.34. The maximum atomic E-state index is 13.3. The fraction of sp³-hybridized carbons (Fsp3) is 0.333. The number of likely N-dealkylation sites (tertiary alicyclic amines) is 1. The second kappa shape index (κ2) is 7.91. The number of thioether (sulfide) groups is 1. The Balaban J connectivity index is 1.29. The number of carboxylic acids is 1. The zero-order valence-electron chi connectivity index (χ0n) is 19.0. The highest BCUT2D eigenvalue weighted by atomic mass is 32.2. The molecule has 9 heteroatoms. The number of carbonyl (C=O) groups excluding carboxylic acids is 2. The number of H-pyrrole nitrogens is 1. The maximum absolute atomic E-state index is 13.3. The van der Waals surface area contributed by atoms with Gasteiger partial charge in [-0.2, -0.15) is 0 Å². The van der Waals surface area contributed by atoms with Gasteiger partial charge in [0, 0.05) is 16.0 Å². The van der Waals surface area contributed by atoms with Crippen LogP contribution < -0.4 is 4.87 Å². The summed E-state index contributed by atoms with van der Waals surface area (Å²) in [6.45, 7) is -0.572. The van der Waals surface area contributed by atoms with E-state index in [0.717, 1.165) is 37.9 Å². The summed E-state index contributed by atoms with van der Waals surface area (Å²) in [6.07, 6.45) is 0.786. The van der Waals surface area contributed by atoms with Crippen molar-refractivity contribution < 1.29 is 19.5 Å². The third-order valence-corrected chi connectivity index (χ3v) is 11.1. The Kier molecular flexibility index (Phi) is 4.85. The molecule has 0 radical (unpaired) electrons. The van der Waals surface area contributed by atoms with E-state index in [-0.39, 0.29) is 45.6 Å². The average Bonchev–Trinajstić information content (AvgIpc) is 3.60. The number of fused-ring (bicyclic) bond motifs is 9. The van der Waals surface area contributed by atoms with E-state index in [2.05, 4.69) is 41.4 Å². The molecule has 2 saturated carbocycles. The minimum absolute atomic E-state index is 0.00658. The Labute approximate surface area is 214 Å². The van der Waals surface area contributed by atoms with Crippen molar-refractivity contribution in [2.75, 3.05) is 6.54 Å². The molecule has 3 heterocycles. The number of imide groups is 1. The summed E-state index contributed by atoms with van der Waals surface area (Å²) in [5, 5.41) is 10.2. The van der Waals surface area contributed by atoms with Crippen molar-refractivity contribution in [2.24, 2.45) is 29.6 Å². The van der Waals surface area contributed by atoms with Crippen LogP contribution in [0.3, 0.4) is 0 Å². The number of rotatable bonds is 4. The normalized spacial score (nSPS) is 31.9. The van der Waals surface area contributed by atoms with Gasteiger partial charge in [0.05, 0.1) is 16.9 Å². The molecule has 3 fully saturated rings. The number of aromatic nitrogens is 1. The molecule has 7 rings (SSSR count). The number of amides is 2. The van der Waals surface area contributed by atoms with Crippen molar-refractivity contribution in [1.29, 1.82) is 0 Å². The van der Waals surface area contributed by atoms with Crippen LogP contribution in [0.25, 0.3) is 11.1 Å². The van der Waals surface area contributed by atoms with E-state index in [1.165, 1.54) is 11.3 Å². The van der Waals surface area contributed by atoms with Crippen LogP contribution in [0.15, 0.2) is 64.4 Å². The van der Waals surface area contributed by atoms with Crippen molar-refractivity contribution in [3.8, 4) is 11.1 Å². The minimum atomic E-state index is -1.17.